The van der Waals surface area contributed by atoms with E-state index in [2.05, 4.69) is 25.1 Å². The zero-order chi connectivity index (χ0) is 13.2. The van der Waals surface area contributed by atoms with Gasteiger partial charge in [0.05, 0.1) is 5.41 Å². The second kappa shape index (κ2) is 4.91. The standard InChI is InChI=1S/C13H17NO.C2H6/c1-5-9-6-7-10-11(8-9)14(4)12(15)13(10,2)3;1-2/h6-8H,5H2,1-4H3;1-2H3. The molecule has 94 valence electrons. The first kappa shape index (κ1) is 13.8. The number of hydrogen-bond acceptors (Lipinski definition) is 1. The maximum absolute atomic E-state index is 12.0. The van der Waals surface area contributed by atoms with Crippen molar-refractivity contribution in [1.82, 2.24) is 0 Å². The number of nitrogens with zero attached hydrogens (tertiary/aromatic N) is 1. The smallest absolute Gasteiger partial charge is 0.236 e. The van der Waals surface area contributed by atoms with Gasteiger partial charge in [0.2, 0.25) is 5.91 Å². The molecule has 0 aromatic heterocycles. The van der Waals surface area contributed by atoms with Crippen LogP contribution in [0.1, 0.15) is 45.7 Å². The summed E-state index contributed by atoms with van der Waals surface area (Å²) in [6.07, 6.45) is 1.01. The molecule has 0 atom stereocenters. The molecule has 1 aliphatic rings. The molecule has 1 heterocycles. The molecule has 2 nitrogen and oxygen atoms in total. The Labute approximate surface area is 105 Å². The van der Waals surface area contributed by atoms with E-state index in [9.17, 15) is 4.79 Å². The number of fused-ring (bicyclic) bond motifs is 1. The first-order chi connectivity index (χ1) is 7.98. The zero-order valence-electron chi connectivity index (χ0n) is 11.8. The summed E-state index contributed by atoms with van der Waals surface area (Å²) in [5, 5.41) is 0. The lowest BCUT2D eigenvalue weighted by atomic mass is 9.86. The molecule has 0 fully saturated rings. The van der Waals surface area contributed by atoms with Crippen molar-refractivity contribution < 1.29 is 4.79 Å². The predicted molar refractivity (Wildman–Crippen MR) is 73.6 cm³/mol. The minimum Gasteiger partial charge on any atom is -0.314 e. The topological polar surface area (TPSA) is 20.3 Å². The van der Waals surface area contributed by atoms with Crippen LogP contribution < -0.4 is 4.90 Å². The van der Waals surface area contributed by atoms with Gasteiger partial charge in [-0.2, -0.15) is 0 Å². The average Bonchev–Trinajstić information content (AvgIpc) is 2.53. The van der Waals surface area contributed by atoms with Crippen molar-refractivity contribution >= 4 is 11.6 Å². The third-order valence-corrected chi connectivity index (χ3v) is 3.34. The fourth-order valence-corrected chi connectivity index (χ4v) is 2.25. The molecule has 2 rings (SSSR count). The van der Waals surface area contributed by atoms with Gasteiger partial charge in [-0.25, -0.2) is 0 Å². The Morgan fingerprint density at radius 2 is 1.82 bits per heavy atom. The Kier molecular flexibility index (Phi) is 3.97. The molecule has 0 aliphatic carbocycles. The lowest BCUT2D eigenvalue weighted by Gasteiger charge is -2.16. The third-order valence-electron chi connectivity index (χ3n) is 3.34. The molecule has 1 aromatic rings. The highest BCUT2D eigenvalue weighted by atomic mass is 16.2. The third kappa shape index (κ3) is 2.08. The number of carbonyl (C=O) groups is 1. The molecular formula is C15H23NO. The summed E-state index contributed by atoms with van der Waals surface area (Å²) < 4.78 is 0. The molecule has 1 amide bonds. The van der Waals surface area contributed by atoms with Crippen LogP contribution in [-0.4, -0.2) is 13.0 Å². The van der Waals surface area contributed by atoms with E-state index < -0.39 is 0 Å². The molecule has 0 spiro atoms. The van der Waals surface area contributed by atoms with Crippen molar-refractivity contribution in [2.24, 2.45) is 0 Å². The minimum absolute atomic E-state index is 0.186. The minimum atomic E-state index is -0.365. The highest BCUT2D eigenvalue weighted by Crippen LogP contribution is 2.40. The van der Waals surface area contributed by atoms with Crippen LogP contribution in [0, 0.1) is 0 Å². The van der Waals surface area contributed by atoms with E-state index >= 15 is 0 Å². The molecule has 17 heavy (non-hydrogen) atoms. The largest absolute Gasteiger partial charge is 0.314 e. The quantitative estimate of drug-likeness (QED) is 0.726. The number of amides is 1. The number of hydrogen-bond donors (Lipinski definition) is 0. The molecule has 1 aliphatic heterocycles. The molecule has 0 saturated carbocycles. The van der Waals surface area contributed by atoms with Crippen molar-refractivity contribution in [3.63, 3.8) is 0 Å². The molecule has 0 saturated heterocycles. The number of benzene rings is 1. The lowest BCUT2D eigenvalue weighted by molar-refractivity contribution is -0.121. The lowest BCUT2D eigenvalue weighted by Crippen LogP contribution is -2.33. The van der Waals surface area contributed by atoms with Crippen LogP contribution in [0.2, 0.25) is 0 Å². The highest BCUT2D eigenvalue weighted by Gasteiger charge is 2.41. The summed E-state index contributed by atoms with van der Waals surface area (Å²) in [5.41, 5.74) is 3.14. The van der Waals surface area contributed by atoms with E-state index in [1.807, 2.05) is 34.7 Å². The molecular weight excluding hydrogens is 210 g/mol. The van der Waals surface area contributed by atoms with Crippen LogP contribution in [0.15, 0.2) is 18.2 Å². The van der Waals surface area contributed by atoms with Crippen LogP contribution in [0.3, 0.4) is 0 Å². The first-order valence-electron chi connectivity index (χ1n) is 6.40. The van der Waals surface area contributed by atoms with Gasteiger partial charge in [0.25, 0.3) is 0 Å². The van der Waals surface area contributed by atoms with Gasteiger partial charge in [-0.1, -0.05) is 32.9 Å². The van der Waals surface area contributed by atoms with Crippen molar-refractivity contribution in [1.29, 1.82) is 0 Å². The summed E-state index contributed by atoms with van der Waals surface area (Å²) in [4.78, 5) is 13.8. The first-order valence-corrected chi connectivity index (χ1v) is 6.40. The van der Waals surface area contributed by atoms with Crippen LogP contribution in [0.4, 0.5) is 5.69 Å². The van der Waals surface area contributed by atoms with Crippen molar-refractivity contribution in [2.45, 2.75) is 46.5 Å². The predicted octanol–water partition coefficient (Wildman–Crippen LogP) is 3.53. The molecule has 1 aromatic carbocycles. The van der Waals surface area contributed by atoms with E-state index in [0.717, 1.165) is 17.7 Å². The van der Waals surface area contributed by atoms with Gasteiger partial charge in [-0.3, -0.25) is 4.79 Å². The van der Waals surface area contributed by atoms with E-state index in [0.29, 0.717) is 0 Å². The maximum Gasteiger partial charge on any atom is 0.236 e. The average molecular weight is 233 g/mol. The van der Waals surface area contributed by atoms with Gasteiger partial charge in [-0.15, -0.1) is 0 Å². The molecule has 0 bridgehead atoms. The number of carbonyl (C=O) groups excluding carboxylic acids is 1. The van der Waals surface area contributed by atoms with Crippen molar-refractivity contribution in [3.8, 4) is 0 Å². The molecule has 0 unspecified atom stereocenters. The van der Waals surface area contributed by atoms with Gasteiger partial charge >= 0.3 is 0 Å². The normalized spacial score (nSPS) is 16.4. The number of aryl methyl sites for hydroxylation is 1. The zero-order valence-corrected chi connectivity index (χ0v) is 11.8. The molecule has 0 N–H and O–H groups in total. The Bertz CT molecular complexity index is 421. The molecule has 0 radical (unpaired) electrons. The van der Waals surface area contributed by atoms with E-state index in [1.165, 1.54) is 5.56 Å². The number of likely N-dealkylation sites (N-methyl/N-ethyl adjacent to an activating group) is 1. The van der Waals surface area contributed by atoms with E-state index in [-0.39, 0.29) is 11.3 Å². The second-order valence-electron chi connectivity index (χ2n) is 4.69. The molecule has 2 heteroatoms. The Morgan fingerprint density at radius 3 is 2.35 bits per heavy atom. The summed E-state index contributed by atoms with van der Waals surface area (Å²) in [5.74, 6) is 0.186. The monoisotopic (exact) mass is 233 g/mol. The number of rotatable bonds is 1. The van der Waals surface area contributed by atoms with E-state index in [1.54, 1.807) is 4.90 Å². The van der Waals surface area contributed by atoms with Crippen LogP contribution in [0.25, 0.3) is 0 Å². The van der Waals surface area contributed by atoms with Gasteiger partial charge < -0.3 is 4.90 Å². The van der Waals surface area contributed by atoms with Crippen LogP contribution >= 0.6 is 0 Å². The van der Waals surface area contributed by atoms with Crippen molar-refractivity contribution in [2.75, 3.05) is 11.9 Å². The fourth-order valence-electron chi connectivity index (χ4n) is 2.25. The van der Waals surface area contributed by atoms with Gasteiger partial charge in [0.1, 0.15) is 0 Å². The summed E-state index contributed by atoms with van der Waals surface area (Å²) >= 11 is 0. The summed E-state index contributed by atoms with van der Waals surface area (Å²) in [6, 6.07) is 6.34. The van der Waals surface area contributed by atoms with E-state index in [4.69, 9.17) is 0 Å². The van der Waals surface area contributed by atoms with Gasteiger partial charge in [-0.05, 0) is 37.5 Å². The summed E-state index contributed by atoms with van der Waals surface area (Å²) in [6.45, 7) is 10.1. The SMILES string of the molecule is CC.CCc1ccc2c(c1)N(C)C(=O)C2(C)C. The van der Waals surface area contributed by atoms with Crippen molar-refractivity contribution in [3.05, 3.63) is 29.3 Å². The highest BCUT2D eigenvalue weighted by molar-refractivity contribution is 6.07. The Balaban J connectivity index is 0.000000686. The Morgan fingerprint density at radius 1 is 1.24 bits per heavy atom. The fraction of sp³-hybridized carbons (Fsp3) is 0.533. The van der Waals surface area contributed by atoms with Crippen LogP contribution in [0.5, 0.6) is 0 Å². The number of anilines is 1. The van der Waals surface area contributed by atoms with Gasteiger partial charge in [0, 0.05) is 12.7 Å². The second-order valence-corrected chi connectivity index (χ2v) is 4.69. The van der Waals surface area contributed by atoms with Crippen LogP contribution in [-0.2, 0) is 16.6 Å². The maximum atomic E-state index is 12.0. The summed E-state index contributed by atoms with van der Waals surface area (Å²) in [7, 11) is 1.86. The van der Waals surface area contributed by atoms with Gasteiger partial charge in [0.15, 0.2) is 0 Å². The Hall–Kier alpha value is -1.31.